The Morgan fingerprint density at radius 1 is 1.40 bits per heavy atom. The van der Waals surface area contributed by atoms with Gasteiger partial charge in [-0.05, 0) is 54.2 Å². The maximum absolute atomic E-state index is 11.0. The zero-order valence-corrected chi connectivity index (χ0v) is 11.3. The van der Waals surface area contributed by atoms with Gasteiger partial charge < -0.3 is 9.67 Å². The van der Waals surface area contributed by atoms with E-state index in [4.69, 9.17) is 5.11 Å². The van der Waals surface area contributed by atoms with E-state index in [2.05, 4.69) is 16.5 Å². The fraction of sp³-hybridized carbons (Fsp3) is 0.250. The van der Waals surface area contributed by atoms with E-state index in [0.717, 1.165) is 24.9 Å². The Kier molecular flexibility index (Phi) is 3.14. The number of carboxylic acid groups (broad SMARTS) is 1. The number of carboxylic acids is 1. The fourth-order valence-electron chi connectivity index (χ4n) is 2.76. The van der Waals surface area contributed by atoms with Gasteiger partial charge in [0.1, 0.15) is 0 Å². The summed E-state index contributed by atoms with van der Waals surface area (Å²) in [5, 5.41) is 9.05. The molecule has 1 aromatic heterocycles. The van der Waals surface area contributed by atoms with Gasteiger partial charge in [0.25, 0.3) is 0 Å². The number of carbonyl (C=O) groups is 1. The number of hydrogen-bond acceptors (Lipinski definition) is 2. The van der Waals surface area contributed by atoms with E-state index >= 15 is 0 Å². The molecule has 0 aliphatic heterocycles. The number of fused-ring (bicyclic) bond motifs is 1. The first-order valence-electron chi connectivity index (χ1n) is 6.66. The quantitative estimate of drug-likeness (QED) is 0.931. The van der Waals surface area contributed by atoms with Crippen LogP contribution in [-0.2, 0) is 13.0 Å². The first-order chi connectivity index (χ1) is 9.65. The second kappa shape index (κ2) is 4.96. The van der Waals surface area contributed by atoms with Crippen LogP contribution in [0, 0.1) is 0 Å². The highest BCUT2D eigenvalue weighted by Crippen LogP contribution is 2.32. The van der Waals surface area contributed by atoms with Crippen LogP contribution in [0.1, 0.15) is 34.8 Å². The van der Waals surface area contributed by atoms with Gasteiger partial charge in [0, 0.05) is 18.9 Å². The first-order valence-corrected chi connectivity index (χ1v) is 6.66. The van der Waals surface area contributed by atoms with E-state index in [1.165, 1.54) is 16.7 Å². The highest BCUT2D eigenvalue weighted by atomic mass is 16.4. The number of aryl methyl sites for hydroxylation is 1. The van der Waals surface area contributed by atoms with Crippen LogP contribution in [0.2, 0.25) is 0 Å². The summed E-state index contributed by atoms with van der Waals surface area (Å²) < 4.78 is 2.06. The van der Waals surface area contributed by atoms with Crippen LogP contribution in [0.5, 0.6) is 0 Å². The number of hydrogen-bond donors (Lipinski definition) is 1. The number of rotatable bonds is 3. The van der Waals surface area contributed by atoms with Crippen molar-refractivity contribution < 1.29 is 9.90 Å². The maximum Gasteiger partial charge on any atom is 0.335 e. The summed E-state index contributed by atoms with van der Waals surface area (Å²) in [5.41, 5.74) is 5.33. The van der Waals surface area contributed by atoms with E-state index in [1.54, 1.807) is 18.3 Å². The minimum atomic E-state index is -0.862. The van der Waals surface area contributed by atoms with Crippen LogP contribution >= 0.6 is 0 Å². The molecule has 0 fully saturated rings. The number of imidazole rings is 1. The van der Waals surface area contributed by atoms with Crippen molar-refractivity contribution in [2.45, 2.75) is 26.3 Å². The van der Waals surface area contributed by atoms with Crippen LogP contribution < -0.4 is 0 Å². The third-order valence-electron chi connectivity index (χ3n) is 3.92. The highest BCUT2D eigenvalue weighted by molar-refractivity contribution is 5.89. The molecular formula is C16H16N2O2. The summed E-state index contributed by atoms with van der Waals surface area (Å²) in [6, 6.07) is 5.42. The molecule has 3 rings (SSSR count). The van der Waals surface area contributed by atoms with Gasteiger partial charge in [0.2, 0.25) is 0 Å². The highest BCUT2D eigenvalue weighted by Gasteiger charge is 2.17. The van der Waals surface area contributed by atoms with Crippen molar-refractivity contribution in [3.05, 3.63) is 59.2 Å². The molecule has 4 heteroatoms. The molecule has 0 saturated heterocycles. The van der Waals surface area contributed by atoms with E-state index < -0.39 is 5.97 Å². The molecule has 1 aliphatic carbocycles. The van der Waals surface area contributed by atoms with E-state index in [9.17, 15) is 4.79 Å². The lowest BCUT2D eigenvalue weighted by molar-refractivity contribution is 0.0696. The molecule has 0 saturated carbocycles. The average Bonchev–Trinajstić information content (AvgIpc) is 2.94. The molecule has 102 valence electrons. The van der Waals surface area contributed by atoms with Gasteiger partial charge in [-0.2, -0.15) is 0 Å². The Balaban J connectivity index is 1.95. The standard InChI is InChI=1S/C16H16N2O2/c1-11-14(9-18-7-6-17-10-18)3-2-12-8-13(16(19)20)4-5-15(11)12/h4-8,10H,2-3,9H2,1H3,(H,19,20). The normalized spacial score (nSPS) is 14.2. The molecule has 20 heavy (non-hydrogen) atoms. The fourth-order valence-corrected chi connectivity index (χ4v) is 2.76. The van der Waals surface area contributed by atoms with Crippen molar-refractivity contribution in [2.24, 2.45) is 0 Å². The largest absolute Gasteiger partial charge is 0.478 e. The number of aromatic nitrogens is 2. The van der Waals surface area contributed by atoms with Gasteiger partial charge in [-0.15, -0.1) is 0 Å². The van der Waals surface area contributed by atoms with Gasteiger partial charge in [-0.25, -0.2) is 9.78 Å². The summed E-state index contributed by atoms with van der Waals surface area (Å²) in [6.45, 7) is 2.97. The van der Waals surface area contributed by atoms with Crippen LogP contribution in [0.25, 0.3) is 5.57 Å². The lowest BCUT2D eigenvalue weighted by Crippen LogP contribution is -2.10. The molecule has 0 unspecified atom stereocenters. The topological polar surface area (TPSA) is 55.1 Å². The van der Waals surface area contributed by atoms with Gasteiger partial charge in [0.05, 0.1) is 11.9 Å². The van der Waals surface area contributed by atoms with Crippen LogP contribution in [-0.4, -0.2) is 20.6 Å². The summed E-state index contributed by atoms with van der Waals surface area (Å²) in [4.78, 5) is 15.1. The van der Waals surface area contributed by atoms with Crippen molar-refractivity contribution in [1.82, 2.24) is 9.55 Å². The molecule has 2 aromatic rings. The molecule has 0 radical (unpaired) electrons. The predicted molar refractivity (Wildman–Crippen MR) is 76.5 cm³/mol. The molecular weight excluding hydrogens is 252 g/mol. The minimum absolute atomic E-state index is 0.370. The summed E-state index contributed by atoms with van der Waals surface area (Å²) in [7, 11) is 0. The Morgan fingerprint density at radius 3 is 2.95 bits per heavy atom. The van der Waals surface area contributed by atoms with Gasteiger partial charge in [-0.1, -0.05) is 6.07 Å². The molecule has 1 aromatic carbocycles. The molecule has 1 N–H and O–H groups in total. The van der Waals surface area contributed by atoms with Gasteiger partial charge in [0.15, 0.2) is 0 Å². The van der Waals surface area contributed by atoms with Crippen LogP contribution in [0.3, 0.4) is 0 Å². The Hall–Kier alpha value is -2.36. The summed E-state index contributed by atoms with van der Waals surface area (Å²) >= 11 is 0. The van der Waals surface area contributed by atoms with Crippen molar-refractivity contribution in [2.75, 3.05) is 0 Å². The Morgan fingerprint density at radius 2 is 2.25 bits per heavy atom. The van der Waals surface area contributed by atoms with Crippen LogP contribution in [0.4, 0.5) is 0 Å². The lowest BCUT2D eigenvalue weighted by Gasteiger charge is -2.22. The molecule has 4 nitrogen and oxygen atoms in total. The monoisotopic (exact) mass is 268 g/mol. The predicted octanol–water partition coefficient (Wildman–Crippen LogP) is 3.00. The SMILES string of the molecule is CC1=C(Cn2ccnc2)CCc2cc(C(=O)O)ccc21. The van der Waals surface area contributed by atoms with Crippen molar-refractivity contribution in [3.8, 4) is 0 Å². The average molecular weight is 268 g/mol. The Bertz CT molecular complexity index is 685. The number of aromatic carboxylic acids is 1. The zero-order valence-electron chi connectivity index (χ0n) is 11.3. The first kappa shape index (κ1) is 12.7. The van der Waals surface area contributed by atoms with Crippen molar-refractivity contribution in [3.63, 3.8) is 0 Å². The van der Waals surface area contributed by atoms with Crippen LogP contribution in [0.15, 0.2) is 42.5 Å². The second-order valence-electron chi connectivity index (χ2n) is 5.14. The molecule has 0 amide bonds. The number of benzene rings is 1. The maximum atomic E-state index is 11.0. The number of allylic oxidation sites excluding steroid dienone is 2. The van der Waals surface area contributed by atoms with Crippen molar-refractivity contribution >= 4 is 11.5 Å². The van der Waals surface area contributed by atoms with Crippen molar-refractivity contribution in [1.29, 1.82) is 0 Å². The molecule has 1 aliphatic rings. The molecule has 1 heterocycles. The lowest BCUT2D eigenvalue weighted by atomic mass is 9.85. The van der Waals surface area contributed by atoms with E-state index in [0.29, 0.717) is 5.56 Å². The minimum Gasteiger partial charge on any atom is -0.478 e. The molecule has 0 atom stereocenters. The third kappa shape index (κ3) is 2.25. The Labute approximate surface area is 117 Å². The van der Waals surface area contributed by atoms with E-state index in [-0.39, 0.29) is 0 Å². The van der Waals surface area contributed by atoms with Gasteiger partial charge in [-0.3, -0.25) is 0 Å². The molecule has 0 spiro atoms. The number of nitrogens with zero attached hydrogens (tertiary/aromatic N) is 2. The van der Waals surface area contributed by atoms with Gasteiger partial charge >= 0.3 is 5.97 Å². The molecule has 0 bridgehead atoms. The van der Waals surface area contributed by atoms with E-state index in [1.807, 2.05) is 18.6 Å². The summed E-state index contributed by atoms with van der Waals surface area (Å²) in [5.74, 6) is -0.862. The smallest absolute Gasteiger partial charge is 0.335 e. The second-order valence-corrected chi connectivity index (χ2v) is 5.14. The zero-order chi connectivity index (χ0) is 14.1. The summed E-state index contributed by atoms with van der Waals surface area (Å²) in [6.07, 6.45) is 7.44. The third-order valence-corrected chi connectivity index (χ3v) is 3.92.